The minimum Gasteiger partial charge on any atom is -0.492 e. The Hall–Kier alpha value is -2.57. The molecule has 1 aromatic carbocycles. The zero-order valence-corrected chi connectivity index (χ0v) is 20.3. The third-order valence-corrected chi connectivity index (χ3v) is 8.64. The lowest BCUT2D eigenvalue weighted by Gasteiger charge is -2.59. The number of amides is 2. The smallest absolute Gasteiger partial charge is 0.311 e. The summed E-state index contributed by atoms with van der Waals surface area (Å²) < 4.78 is 11.0. The van der Waals surface area contributed by atoms with Crippen molar-refractivity contribution in [3.05, 3.63) is 24.3 Å². The number of carbonyl (C=O) groups is 3. The number of nitrogens with zero attached hydrogens (tertiary/aromatic N) is 1. The highest BCUT2D eigenvalue weighted by molar-refractivity contribution is 6.00. The lowest BCUT2D eigenvalue weighted by molar-refractivity contribution is -0.153. The summed E-state index contributed by atoms with van der Waals surface area (Å²) >= 11 is 0. The van der Waals surface area contributed by atoms with Crippen molar-refractivity contribution >= 4 is 23.5 Å². The predicted molar refractivity (Wildman–Crippen MR) is 127 cm³/mol. The van der Waals surface area contributed by atoms with Crippen molar-refractivity contribution in [3.63, 3.8) is 0 Å². The zero-order valence-electron chi connectivity index (χ0n) is 20.3. The van der Waals surface area contributed by atoms with E-state index >= 15 is 0 Å². The van der Waals surface area contributed by atoms with Crippen molar-refractivity contribution in [2.75, 3.05) is 24.7 Å². The molecule has 1 aliphatic heterocycles. The highest BCUT2D eigenvalue weighted by atomic mass is 16.5. The van der Waals surface area contributed by atoms with Crippen LogP contribution in [0.15, 0.2) is 24.3 Å². The fourth-order valence-electron chi connectivity index (χ4n) is 7.45. The topological polar surface area (TPSA) is 84.9 Å². The number of hydrogen-bond acceptors (Lipinski definition) is 5. The molecule has 34 heavy (non-hydrogen) atoms. The molecule has 7 nitrogen and oxygen atoms in total. The van der Waals surface area contributed by atoms with Crippen molar-refractivity contribution < 1.29 is 23.9 Å². The minimum atomic E-state index is -0.587. The SMILES string of the molecule is CCOc1ccccc1N1C[C@@H](C(=O)OCC(=O)N[C@H](C)C23CC4CC(CC(C4)C2)C3)CC1=O. The predicted octanol–water partition coefficient (Wildman–Crippen LogP) is 3.70. The van der Waals surface area contributed by atoms with Gasteiger partial charge < -0.3 is 19.7 Å². The number of para-hydroxylation sites is 2. The molecule has 0 aromatic heterocycles. The molecule has 1 saturated heterocycles. The summed E-state index contributed by atoms with van der Waals surface area (Å²) in [6.07, 6.45) is 7.80. The molecule has 184 valence electrons. The molecule has 4 bridgehead atoms. The number of ether oxygens (including phenoxy) is 2. The van der Waals surface area contributed by atoms with E-state index in [1.165, 1.54) is 38.5 Å². The number of esters is 1. The van der Waals surface area contributed by atoms with E-state index in [4.69, 9.17) is 9.47 Å². The average Bonchev–Trinajstić information content (AvgIpc) is 3.18. The van der Waals surface area contributed by atoms with E-state index in [-0.39, 0.29) is 42.8 Å². The van der Waals surface area contributed by atoms with Crippen LogP contribution in [0.3, 0.4) is 0 Å². The molecule has 2 atom stereocenters. The molecule has 6 rings (SSSR count). The van der Waals surface area contributed by atoms with Gasteiger partial charge in [0.1, 0.15) is 5.75 Å². The molecule has 0 radical (unpaired) electrons. The maximum atomic E-state index is 12.7. The van der Waals surface area contributed by atoms with Gasteiger partial charge in [0.25, 0.3) is 5.91 Å². The summed E-state index contributed by atoms with van der Waals surface area (Å²) in [5, 5.41) is 3.14. The summed E-state index contributed by atoms with van der Waals surface area (Å²) in [6, 6.07) is 7.41. The van der Waals surface area contributed by atoms with Crippen LogP contribution < -0.4 is 15.0 Å². The molecule has 2 amide bonds. The van der Waals surface area contributed by atoms with E-state index < -0.39 is 11.9 Å². The fraction of sp³-hybridized carbons (Fsp3) is 0.667. The number of benzene rings is 1. The maximum Gasteiger partial charge on any atom is 0.311 e. The number of anilines is 1. The van der Waals surface area contributed by atoms with Crippen LogP contribution in [-0.4, -0.2) is 43.6 Å². The Labute approximate surface area is 201 Å². The Bertz CT molecular complexity index is 925. The van der Waals surface area contributed by atoms with Crippen molar-refractivity contribution in [3.8, 4) is 5.75 Å². The van der Waals surface area contributed by atoms with Crippen molar-refractivity contribution in [2.24, 2.45) is 29.1 Å². The van der Waals surface area contributed by atoms with Crippen molar-refractivity contribution in [1.82, 2.24) is 5.32 Å². The maximum absolute atomic E-state index is 12.7. The number of hydrogen-bond donors (Lipinski definition) is 1. The van der Waals surface area contributed by atoms with Gasteiger partial charge in [-0.15, -0.1) is 0 Å². The van der Waals surface area contributed by atoms with Gasteiger partial charge in [-0.2, -0.15) is 0 Å². The number of carbonyl (C=O) groups excluding carboxylic acids is 3. The molecule has 7 heteroatoms. The van der Waals surface area contributed by atoms with Crippen LogP contribution in [0.25, 0.3) is 0 Å². The van der Waals surface area contributed by atoms with Crippen LogP contribution in [0.2, 0.25) is 0 Å². The van der Waals surface area contributed by atoms with Gasteiger partial charge in [0, 0.05) is 19.0 Å². The molecule has 1 aromatic rings. The van der Waals surface area contributed by atoms with Crippen LogP contribution in [0.5, 0.6) is 5.75 Å². The zero-order chi connectivity index (χ0) is 23.9. The highest BCUT2D eigenvalue weighted by Gasteiger charge is 2.53. The van der Waals surface area contributed by atoms with E-state index in [9.17, 15) is 14.4 Å². The quantitative estimate of drug-likeness (QED) is 0.588. The van der Waals surface area contributed by atoms with Crippen LogP contribution in [0.4, 0.5) is 5.69 Å². The Morgan fingerprint density at radius 2 is 1.76 bits per heavy atom. The second-order valence-electron chi connectivity index (χ2n) is 11.0. The van der Waals surface area contributed by atoms with E-state index in [0.717, 1.165) is 17.8 Å². The fourth-order valence-corrected chi connectivity index (χ4v) is 7.45. The third kappa shape index (κ3) is 4.41. The molecule has 5 fully saturated rings. The third-order valence-electron chi connectivity index (χ3n) is 8.64. The molecule has 0 unspecified atom stereocenters. The van der Waals surface area contributed by atoms with Gasteiger partial charge in [-0.25, -0.2) is 0 Å². The van der Waals surface area contributed by atoms with Gasteiger partial charge in [0.15, 0.2) is 6.61 Å². The van der Waals surface area contributed by atoms with Crippen LogP contribution >= 0.6 is 0 Å². The lowest BCUT2D eigenvalue weighted by atomic mass is 9.48. The normalized spacial score (nSPS) is 32.5. The summed E-state index contributed by atoms with van der Waals surface area (Å²) in [5.74, 6) is 1.59. The second-order valence-corrected chi connectivity index (χ2v) is 11.0. The van der Waals surface area contributed by atoms with Crippen LogP contribution in [-0.2, 0) is 19.1 Å². The highest BCUT2D eigenvalue weighted by Crippen LogP contribution is 2.61. The molecule has 4 aliphatic carbocycles. The Kier molecular flexibility index (Phi) is 6.30. The monoisotopic (exact) mass is 468 g/mol. The molecule has 5 aliphatic rings. The molecule has 1 N–H and O–H groups in total. The first-order valence-corrected chi connectivity index (χ1v) is 12.8. The van der Waals surface area contributed by atoms with Gasteiger partial charge in [0.05, 0.1) is 18.2 Å². The molecule has 4 saturated carbocycles. The van der Waals surface area contributed by atoms with Gasteiger partial charge in [0.2, 0.25) is 5.91 Å². The van der Waals surface area contributed by atoms with Crippen molar-refractivity contribution in [2.45, 2.75) is 64.8 Å². The Morgan fingerprint density at radius 1 is 1.12 bits per heavy atom. The summed E-state index contributed by atoms with van der Waals surface area (Å²) in [4.78, 5) is 39.5. The van der Waals surface area contributed by atoms with Crippen LogP contribution in [0, 0.1) is 29.1 Å². The summed E-state index contributed by atoms with van der Waals surface area (Å²) in [7, 11) is 0. The van der Waals surface area contributed by atoms with Gasteiger partial charge in [-0.05, 0) is 87.7 Å². The van der Waals surface area contributed by atoms with E-state index in [2.05, 4.69) is 12.2 Å². The number of rotatable bonds is 8. The largest absolute Gasteiger partial charge is 0.492 e. The summed E-state index contributed by atoms with van der Waals surface area (Å²) in [6.45, 7) is 4.43. The molecule has 0 spiro atoms. The second kappa shape index (κ2) is 9.23. The molecule has 1 heterocycles. The Balaban J connectivity index is 1.13. The first kappa shape index (κ1) is 23.2. The lowest BCUT2D eigenvalue weighted by Crippen LogP contribution is -2.56. The first-order chi connectivity index (χ1) is 16.4. The summed E-state index contributed by atoms with van der Waals surface area (Å²) in [5.41, 5.74) is 0.868. The minimum absolute atomic E-state index is 0.0740. The van der Waals surface area contributed by atoms with Gasteiger partial charge in [-0.3, -0.25) is 14.4 Å². The van der Waals surface area contributed by atoms with E-state index in [1.807, 2.05) is 31.2 Å². The molecular formula is C27H36N2O5. The standard InChI is InChI=1S/C27H36N2O5/c1-3-33-23-7-5-4-6-22(23)29-15-21(11-25(29)31)26(32)34-16-24(30)28-17(2)27-12-18-8-19(13-27)10-20(9-18)14-27/h4-7,17-21H,3,8-16H2,1-2H3,(H,28,30)/t17-,18?,19?,20?,21+,27?/m1/s1. The van der Waals surface area contributed by atoms with E-state index in [0.29, 0.717) is 18.0 Å². The Morgan fingerprint density at radius 3 is 2.41 bits per heavy atom. The first-order valence-electron chi connectivity index (χ1n) is 12.8. The molecular weight excluding hydrogens is 432 g/mol. The van der Waals surface area contributed by atoms with Crippen molar-refractivity contribution in [1.29, 1.82) is 0 Å². The average molecular weight is 469 g/mol. The number of nitrogens with one attached hydrogen (secondary N) is 1. The van der Waals surface area contributed by atoms with Gasteiger partial charge in [-0.1, -0.05) is 12.1 Å². The van der Waals surface area contributed by atoms with E-state index in [1.54, 1.807) is 4.90 Å². The van der Waals surface area contributed by atoms with Gasteiger partial charge >= 0.3 is 5.97 Å². The van der Waals surface area contributed by atoms with Crippen LogP contribution in [0.1, 0.15) is 58.8 Å².